The Kier molecular flexibility index (Phi) is 9.90. The maximum Gasteiger partial charge on any atom is 0.380 e. The van der Waals surface area contributed by atoms with Gasteiger partial charge in [0.15, 0.2) is 0 Å². The molecule has 6 rings (SSSR count). The van der Waals surface area contributed by atoms with E-state index in [0.717, 1.165) is 51.4 Å². The Morgan fingerprint density at radius 2 is 0.898 bits per heavy atom. The maximum absolute atomic E-state index is 15.7. The van der Waals surface area contributed by atoms with Gasteiger partial charge in [0.25, 0.3) is 0 Å². The highest BCUT2D eigenvalue weighted by atomic mass is 32.2. The third-order valence-corrected chi connectivity index (χ3v) is 13.5. The van der Waals surface area contributed by atoms with Gasteiger partial charge >= 0.3 is 17.8 Å². The monoisotopic (exact) mass is 720 g/mol. The molecule has 2 nitrogen and oxygen atoms in total. The number of hydrogen-bond donors (Lipinski definition) is 0. The molecule has 1 saturated carbocycles. The number of thioether (sulfide) groups is 2. The van der Waals surface area contributed by atoms with Gasteiger partial charge in [-0.15, -0.1) is 23.5 Å². The smallest absolute Gasteiger partial charge is 0.380 e. The Morgan fingerprint density at radius 3 is 1.24 bits per heavy atom. The van der Waals surface area contributed by atoms with E-state index in [4.69, 9.17) is 9.47 Å². The fourth-order valence-electron chi connectivity index (χ4n) is 7.06. The first-order valence-electron chi connectivity index (χ1n) is 17.1. The molecule has 0 spiro atoms. The number of alkyl halides is 6. The highest BCUT2D eigenvalue weighted by molar-refractivity contribution is 8.14. The molecule has 0 radical (unpaired) electrons. The summed E-state index contributed by atoms with van der Waals surface area (Å²) in [5.41, 5.74) is -1.53. The molecule has 2 aliphatic heterocycles. The second kappa shape index (κ2) is 13.4. The van der Waals surface area contributed by atoms with E-state index in [0.29, 0.717) is 45.6 Å². The molecule has 0 aromatic heterocycles. The van der Waals surface area contributed by atoms with Crippen molar-refractivity contribution in [2.75, 3.05) is 13.2 Å². The molecule has 2 aliphatic carbocycles. The number of hydrogen-bond acceptors (Lipinski definition) is 4. The molecule has 49 heavy (non-hydrogen) atoms. The fraction of sp³-hybridized carbons (Fsp3) is 0.487. The van der Waals surface area contributed by atoms with Crippen molar-refractivity contribution in [2.24, 2.45) is 0 Å². The van der Waals surface area contributed by atoms with Crippen LogP contribution >= 0.6 is 23.5 Å². The predicted octanol–water partition coefficient (Wildman–Crippen LogP) is 12.5. The lowest BCUT2D eigenvalue weighted by Crippen LogP contribution is -2.48. The van der Waals surface area contributed by atoms with Crippen LogP contribution in [0.15, 0.2) is 83.0 Å². The molecule has 0 bridgehead atoms. The van der Waals surface area contributed by atoms with Crippen molar-refractivity contribution < 1.29 is 35.8 Å². The van der Waals surface area contributed by atoms with Crippen molar-refractivity contribution in [3.05, 3.63) is 94.1 Å². The van der Waals surface area contributed by atoms with Crippen LogP contribution in [-0.4, -0.2) is 40.5 Å². The fourth-order valence-corrected chi connectivity index (χ4v) is 10.2. The SMILES string of the molecule is CCCCCCOc1ccc(C2=CC3=C4C(=C5C=C(c6ccc(OCCCCCC)cc6)SC5(C)C3(C)S2)C(F)(F)C(F)(F)C4(F)F)cc1. The van der Waals surface area contributed by atoms with Crippen molar-refractivity contribution >= 4 is 33.3 Å². The third kappa shape index (κ3) is 5.86. The van der Waals surface area contributed by atoms with Gasteiger partial charge in [0.2, 0.25) is 0 Å². The minimum absolute atomic E-state index is 0.180. The molecule has 264 valence electrons. The Hall–Kier alpha value is -2.72. The molecular weight excluding hydrogens is 679 g/mol. The first kappa shape index (κ1) is 36.1. The van der Waals surface area contributed by atoms with Crippen LogP contribution in [0.25, 0.3) is 9.81 Å². The van der Waals surface area contributed by atoms with E-state index in [1.807, 2.05) is 0 Å². The summed E-state index contributed by atoms with van der Waals surface area (Å²) in [7, 11) is 0. The lowest BCUT2D eigenvalue weighted by Gasteiger charge is -2.47. The van der Waals surface area contributed by atoms with E-state index in [2.05, 4.69) is 13.8 Å². The van der Waals surface area contributed by atoms with Crippen LogP contribution in [0.2, 0.25) is 0 Å². The summed E-state index contributed by atoms with van der Waals surface area (Å²) < 4.78 is 102. The number of rotatable bonds is 14. The van der Waals surface area contributed by atoms with E-state index >= 15 is 26.3 Å². The first-order valence-corrected chi connectivity index (χ1v) is 18.8. The van der Waals surface area contributed by atoms with Gasteiger partial charge in [-0.25, -0.2) is 0 Å². The Morgan fingerprint density at radius 1 is 0.531 bits per heavy atom. The van der Waals surface area contributed by atoms with E-state index < -0.39 is 38.4 Å². The van der Waals surface area contributed by atoms with E-state index in [1.165, 1.54) is 35.7 Å². The van der Waals surface area contributed by atoms with Crippen LogP contribution in [0.1, 0.15) is 90.2 Å². The molecule has 10 heteroatoms. The molecule has 2 unspecified atom stereocenters. The molecule has 4 aliphatic rings. The topological polar surface area (TPSA) is 18.5 Å². The second-order valence-corrected chi connectivity index (χ2v) is 16.4. The van der Waals surface area contributed by atoms with E-state index in [-0.39, 0.29) is 11.1 Å². The van der Waals surface area contributed by atoms with Crippen LogP contribution in [-0.2, 0) is 0 Å². The Labute approximate surface area is 293 Å². The number of ether oxygens (including phenoxy) is 2. The Bertz CT molecular complexity index is 1570. The van der Waals surface area contributed by atoms with Gasteiger partial charge in [0.05, 0.1) is 22.7 Å². The van der Waals surface area contributed by atoms with Crippen molar-refractivity contribution in [3.8, 4) is 11.5 Å². The molecule has 2 aromatic rings. The normalized spacial score (nSPS) is 25.9. The minimum atomic E-state index is -5.59. The zero-order valence-corrected chi connectivity index (χ0v) is 29.9. The third-order valence-electron chi connectivity index (χ3n) is 10.1. The van der Waals surface area contributed by atoms with Gasteiger partial charge in [-0.1, -0.05) is 76.6 Å². The number of benzene rings is 2. The summed E-state index contributed by atoms with van der Waals surface area (Å²) in [4.78, 5) is 1.09. The lowest BCUT2D eigenvalue weighted by atomic mass is 9.71. The maximum atomic E-state index is 15.7. The minimum Gasteiger partial charge on any atom is -0.494 e. The molecule has 0 saturated heterocycles. The summed E-state index contributed by atoms with van der Waals surface area (Å²) in [6.45, 7) is 8.82. The number of allylic oxidation sites excluding steroid dienone is 4. The quantitative estimate of drug-likeness (QED) is 0.143. The molecule has 0 N–H and O–H groups in total. The summed E-state index contributed by atoms with van der Waals surface area (Å²) in [6.07, 6.45) is 11.3. The van der Waals surface area contributed by atoms with E-state index in [9.17, 15) is 0 Å². The van der Waals surface area contributed by atoms with Crippen molar-refractivity contribution in [3.63, 3.8) is 0 Å². The summed E-state index contributed by atoms with van der Waals surface area (Å²) >= 11 is 2.51. The van der Waals surface area contributed by atoms with Gasteiger partial charge in [-0.2, -0.15) is 26.3 Å². The van der Waals surface area contributed by atoms with Gasteiger partial charge < -0.3 is 9.47 Å². The molecule has 0 amide bonds. The number of halogens is 6. The van der Waals surface area contributed by atoms with Crippen LogP contribution in [0.5, 0.6) is 11.5 Å². The van der Waals surface area contributed by atoms with E-state index in [1.54, 1.807) is 62.4 Å². The summed E-state index contributed by atoms with van der Waals surface area (Å²) in [6, 6.07) is 14.3. The van der Waals surface area contributed by atoms with Crippen LogP contribution in [0.4, 0.5) is 26.3 Å². The summed E-state index contributed by atoms with van der Waals surface area (Å²) in [5, 5.41) is 0. The average molecular weight is 721 g/mol. The number of fused-ring (bicyclic) bond motifs is 4. The molecule has 1 fully saturated rings. The van der Waals surface area contributed by atoms with Crippen molar-refractivity contribution in [1.29, 1.82) is 0 Å². The summed E-state index contributed by atoms with van der Waals surface area (Å²) in [5.74, 6) is -14.4. The van der Waals surface area contributed by atoms with Crippen LogP contribution in [0, 0.1) is 0 Å². The van der Waals surface area contributed by atoms with Crippen molar-refractivity contribution in [1.82, 2.24) is 0 Å². The largest absolute Gasteiger partial charge is 0.494 e. The highest BCUT2D eigenvalue weighted by Crippen LogP contribution is 2.75. The first-order chi connectivity index (χ1) is 23.2. The predicted molar refractivity (Wildman–Crippen MR) is 189 cm³/mol. The molecule has 2 aromatic carbocycles. The number of unbranched alkanes of at least 4 members (excludes halogenated alkanes) is 6. The zero-order valence-electron chi connectivity index (χ0n) is 28.2. The van der Waals surface area contributed by atoms with Crippen molar-refractivity contribution in [2.45, 2.75) is 106 Å². The van der Waals surface area contributed by atoms with Gasteiger partial charge in [0, 0.05) is 21.0 Å². The molecule has 2 atom stereocenters. The van der Waals surface area contributed by atoms with Gasteiger partial charge in [-0.3, -0.25) is 0 Å². The average Bonchev–Trinajstić information content (AvgIpc) is 3.65. The van der Waals surface area contributed by atoms with Crippen LogP contribution < -0.4 is 9.47 Å². The lowest BCUT2D eigenvalue weighted by molar-refractivity contribution is -0.258. The van der Waals surface area contributed by atoms with Gasteiger partial charge in [0.1, 0.15) is 11.5 Å². The molecule has 2 heterocycles. The Balaban J connectivity index is 1.35. The molecular formula is C39H42F6O2S2. The zero-order chi connectivity index (χ0) is 35.2. The van der Waals surface area contributed by atoms with Gasteiger partial charge in [-0.05, 0) is 85.4 Å². The second-order valence-electron chi connectivity index (χ2n) is 13.5. The highest BCUT2D eigenvalue weighted by Gasteiger charge is 2.84. The standard InChI is InChI=1S/C39H42F6O2S2/c1-5-7-9-11-21-46-27-17-13-25(14-18-27)31-23-29-33-34(38(42,43)39(44,45)37(33,40)41)30-24-32(49-36(30,4)35(29,3)48-31)26-15-19-28(20-16-26)47-22-12-10-8-6-2/h13-20,23-24H,5-12,21-22H2,1-4H3. The van der Waals surface area contributed by atoms with Crippen LogP contribution in [0.3, 0.4) is 0 Å².